The molecule has 1 aromatic rings. The molecule has 0 N–H and O–H groups in total. The number of hydrogen-bond donors (Lipinski definition) is 0. The zero-order valence-corrected chi connectivity index (χ0v) is 15.0. The molecule has 1 aliphatic carbocycles. The van der Waals surface area contributed by atoms with Crippen molar-refractivity contribution in [1.82, 2.24) is 4.90 Å². The summed E-state index contributed by atoms with van der Waals surface area (Å²) in [5.41, 5.74) is 0.365. The number of nitrogens with zero attached hydrogens (tertiary/aromatic N) is 1. The Balaban J connectivity index is 1.65. The van der Waals surface area contributed by atoms with Gasteiger partial charge >= 0.3 is 0 Å². The lowest BCUT2D eigenvalue weighted by molar-refractivity contribution is 0.0658. The van der Waals surface area contributed by atoms with Crippen molar-refractivity contribution < 1.29 is 13.2 Å². The Bertz CT molecular complexity index is 708. The van der Waals surface area contributed by atoms with E-state index < -0.39 is 15.1 Å². The van der Waals surface area contributed by atoms with Crippen molar-refractivity contribution in [2.45, 2.75) is 42.6 Å². The van der Waals surface area contributed by atoms with E-state index in [-0.39, 0.29) is 24.2 Å². The molecule has 4 nitrogen and oxygen atoms in total. The van der Waals surface area contributed by atoms with Gasteiger partial charge in [0.1, 0.15) is 0 Å². The van der Waals surface area contributed by atoms with E-state index in [9.17, 15) is 13.2 Å². The quantitative estimate of drug-likeness (QED) is 0.811. The second-order valence-electron chi connectivity index (χ2n) is 6.31. The van der Waals surface area contributed by atoms with Gasteiger partial charge in [-0.15, -0.1) is 0 Å². The molecular formula is C16H19Cl2NO3S. The topological polar surface area (TPSA) is 54.5 Å². The first-order chi connectivity index (χ1) is 10.9. The predicted octanol–water partition coefficient (Wildman–Crippen LogP) is 3.57. The maximum absolute atomic E-state index is 12.6. The number of amides is 1. The molecule has 1 aromatic carbocycles. The van der Waals surface area contributed by atoms with Crippen LogP contribution in [0.15, 0.2) is 18.2 Å². The summed E-state index contributed by atoms with van der Waals surface area (Å²) in [6.45, 7) is 0.521. The van der Waals surface area contributed by atoms with E-state index in [1.54, 1.807) is 17.0 Å². The SMILES string of the molecule is O=C(c1ccc(Cl)cc1Cl)N1CC(S(=O)(=O)C2CCCCC2)C1. The molecule has 7 heteroatoms. The number of rotatable bonds is 3. The van der Waals surface area contributed by atoms with Crippen LogP contribution in [0.5, 0.6) is 0 Å². The Morgan fingerprint density at radius 2 is 1.70 bits per heavy atom. The molecule has 0 bridgehead atoms. The minimum absolute atomic E-state index is 0.224. The van der Waals surface area contributed by atoms with Crippen molar-refractivity contribution in [3.8, 4) is 0 Å². The van der Waals surface area contributed by atoms with Gasteiger partial charge in [-0.1, -0.05) is 42.5 Å². The smallest absolute Gasteiger partial charge is 0.255 e. The maximum atomic E-state index is 12.6. The number of likely N-dealkylation sites (tertiary alicyclic amines) is 1. The van der Waals surface area contributed by atoms with Gasteiger partial charge in [-0.3, -0.25) is 4.79 Å². The van der Waals surface area contributed by atoms with E-state index in [0.29, 0.717) is 15.6 Å². The van der Waals surface area contributed by atoms with Crippen molar-refractivity contribution >= 4 is 38.9 Å². The highest BCUT2D eigenvalue weighted by atomic mass is 35.5. The van der Waals surface area contributed by atoms with Crippen LogP contribution in [0.2, 0.25) is 10.0 Å². The molecule has 1 aliphatic heterocycles. The molecule has 2 fully saturated rings. The number of carbonyl (C=O) groups is 1. The fourth-order valence-corrected chi connectivity index (χ4v) is 6.11. The van der Waals surface area contributed by atoms with Crippen LogP contribution in [0.25, 0.3) is 0 Å². The number of sulfone groups is 1. The molecular weight excluding hydrogens is 357 g/mol. The van der Waals surface area contributed by atoms with Crippen molar-refractivity contribution in [3.63, 3.8) is 0 Å². The fourth-order valence-electron chi connectivity index (χ4n) is 3.31. The molecule has 126 valence electrons. The minimum Gasteiger partial charge on any atom is -0.336 e. The van der Waals surface area contributed by atoms with Gasteiger partial charge in [0.25, 0.3) is 5.91 Å². The molecule has 0 spiro atoms. The third kappa shape index (κ3) is 3.37. The molecule has 0 aromatic heterocycles. The lowest BCUT2D eigenvalue weighted by Gasteiger charge is -2.41. The van der Waals surface area contributed by atoms with Crippen LogP contribution >= 0.6 is 23.2 Å². The normalized spacial score (nSPS) is 20.3. The third-order valence-electron chi connectivity index (χ3n) is 4.78. The highest BCUT2D eigenvalue weighted by molar-refractivity contribution is 7.92. The Kier molecular flexibility index (Phi) is 4.90. The van der Waals surface area contributed by atoms with E-state index in [2.05, 4.69) is 0 Å². The largest absolute Gasteiger partial charge is 0.336 e. The molecule has 2 aliphatic rings. The second-order valence-corrected chi connectivity index (χ2v) is 9.66. The average Bonchev–Trinajstić information content (AvgIpc) is 2.46. The molecule has 1 amide bonds. The zero-order valence-electron chi connectivity index (χ0n) is 12.7. The first kappa shape index (κ1) is 17.1. The number of hydrogen-bond acceptors (Lipinski definition) is 3. The number of benzene rings is 1. The molecule has 23 heavy (non-hydrogen) atoms. The standard InChI is InChI=1S/C16H19Cl2NO3S/c17-11-6-7-14(15(18)8-11)16(20)19-9-13(10-19)23(21,22)12-4-2-1-3-5-12/h6-8,12-13H,1-5,9-10H2. The molecule has 0 radical (unpaired) electrons. The van der Waals surface area contributed by atoms with Gasteiger partial charge in [0.2, 0.25) is 0 Å². The van der Waals surface area contributed by atoms with Gasteiger partial charge in [0, 0.05) is 18.1 Å². The van der Waals surface area contributed by atoms with Gasteiger partial charge in [0.15, 0.2) is 9.84 Å². The summed E-state index contributed by atoms with van der Waals surface area (Å²) in [7, 11) is -3.14. The second kappa shape index (κ2) is 6.61. The van der Waals surface area contributed by atoms with E-state index in [4.69, 9.17) is 23.2 Å². The van der Waals surface area contributed by atoms with Crippen LogP contribution in [0.1, 0.15) is 42.5 Å². The Hall–Kier alpha value is -0.780. The van der Waals surface area contributed by atoms with Crippen molar-refractivity contribution in [3.05, 3.63) is 33.8 Å². The van der Waals surface area contributed by atoms with Gasteiger partial charge in [-0.25, -0.2) is 8.42 Å². The Morgan fingerprint density at radius 3 is 2.30 bits per heavy atom. The van der Waals surface area contributed by atoms with Crippen molar-refractivity contribution in [2.24, 2.45) is 0 Å². The first-order valence-corrected chi connectivity index (χ1v) is 10.2. The van der Waals surface area contributed by atoms with E-state index in [1.807, 2.05) is 0 Å². The summed E-state index contributed by atoms with van der Waals surface area (Å²) in [6, 6.07) is 4.71. The molecule has 0 atom stereocenters. The van der Waals surface area contributed by atoms with Crippen LogP contribution < -0.4 is 0 Å². The summed E-state index contributed by atoms with van der Waals surface area (Å²) in [5, 5.41) is 0.104. The van der Waals surface area contributed by atoms with E-state index >= 15 is 0 Å². The van der Waals surface area contributed by atoms with Crippen molar-refractivity contribution in [1.29, 1.82) is 0 Å². The summed E-state index contributed by atoms with van der Waals surface area (Å²) < 4.78 is 25.2. The van der Waals surface area contributed by atoms with Crippen LogP contribution in [0.4, 0.5) is 0 Å². The van der Waals surface area contributed by atoms with Crippen molar-refractivity contribution in [2.75, 3.05) is 13.1 Å². The van der Waals surface area contributed by atoms with Crippen LogP contribution in [-0.4, -0.2) is 42.8 Å². The maximum Gasteiger partial charge on any atom is 0.255 e. The van der Waals surface area contributed by atoms with E-state index in [0.717, 1.165) is 32.1 Å². The zero-order chi connectivity index (χ0) is 16.6. The summed E-state index contributed by atoms with van der Waals surface area (Å²) in [4.78, 5) is 14.0. The molecule has 1 saturated heterocycles. The first-order valence-electron chi connectivity index (χ1n) is 7.86. The summed E-state index contributed by atoms with van der Waals surface area (Å²) in [6.07, 6.45) is 4.61. The van der Waals surface area contributed by atoms with Gasteiger partial charge < -0.3 is 4.90 Å². The van der Waals surface area contributed by atoms with Crippen LogP contribution in [0, 0.1) is 0 Å². The molecule has 1 heterocycles. The fraction of sp³-hybridized carbons (Fsp3) is 0.562. The number of halogens is 2. The van der Waals surface area contributed by atoms with Gasteiger partial charge in [0.05, 0.1) is 21.1 Å². The lowest BCUT2D eigenvalue weighted by atomic mass is 10.0. The summed E-state index contributed by atoms with van der Waals surface area (Å²) in [5.74, 6) is -0.234. The molecule has 1 saturated carbocycles. The monoisotopic (exact) mass is 375 g/mol. The third-order valence-corrected chi connectivity index (χ3v) is 7.95. The molecule has 0 unspecified atom stereocenters. The molecule has 3 rings (SSSR count). The van der Waals surface area contributed by atoms with Crippen LogP contribution in [-0.2, 0) is 9.84 Å². The van der Waals surface area contributed by atoms with E-state index in [1.165, 1.54) is 6.07 Å². The minimum atomic E-state index is -3.14. The average molecular weight is 376 g/mol. The highest BCUT2D eigenvalue weighted by Gasteiger charge is 2.43. The number of carbonyl (C=O) groups excluding carboxylic acids is 1. The Morgan fingerprint density at radius 1 is 1.04 bits per heavy atom. The Labute approximate surface area is 146 Å². The van der Waals surface area contributed by atoms with Crippen LogP contribution in [0.3, 0.4) is 0 Å². The lowest BCUT2D eigenvalue weighted by Crippen LogP contribution is -2.58. The predicted molar refractivity (Wildman–Crippen MR) is 91.9 cm³/mol. The summed E-state index contributed by atoms with van der Waals surface area (Å²) >= 11 is 11.9. The van der Waals surface area contributed by atoms with Gasteiger partial charge in [-0.2, -0.15) is 0 Å². The highest BCUT2D eigenvalue weighted by Crippen LogP contribution is 2.31. The van der Waals surface area contributed by atoms with Gasteiger partial charge in [-0.05, 0) is 31.0 Å².